The van der Waals surface area contributed by atoms with Crippen molar-refractivity contribution in [2.24, 2.45) is 0 Å². The van der Waals surface area contributed by atoms with Crippen molar-refractivity contribution in [3.8, 4) is 0 Å². The number of hydrogen-bond acceptors (Lipinski definition) is 5. The first-order valence-corrected chi connectivity index (χ1v) is 7.50. The monoisotopic (exact) mass is 330 g/mol. The third-order valence-corrected chi connectivity index (χ3v) is 4.50. The normalized spacial score (nSPS) is 16.4. The number of nitrogens with zero attached hydrogens (tertiary/aromatic N) is 4. The molecule has 2 aromatic rings. The first-order valence-electron chi connectivity index (χ1n) is 6.68. The van der Waals surface area contributed by atoms with Crippen molar-refractivity contribution < 1.29 is 18.0 Å². The minimum atomic E-state index is -4.81. The number of rotatable bonds is 1. The number of carbonyl (C=O) groups excluding carboxylic acids is 1. The van der Waals surface area contributed by atoms with Gasteiger partial charge in [0.05, 0.1) is 5.39 Å². The highest BCUT2D eigenvalue weighted by atomic mass is 32.1. The molecule has 1 saturated heterocycles. The zero-order chi connectivity index (χ0) is 15.9. The summed E-state index contributed by atoms with van der Waals surface area (Å²) >= 11 is 1.55. The summed E-state index contributed by atoms with van der Waals surface area (Å²) < 4.78 is 37.3. The lowest BCUT2D eigenvalue weighted by atomic mass is 10.2. The molecule has 9 heteroatoms. The van der Waals surface area contributed by atoms with Gasteiger partial charge >= 0.3 is 12.1 Å². The van der Waals surface area contributed by atoms with Gasteiger partial charge in [-0.3, -0.25) is 4.79 Å². The second-order valence-electron chi connectivity index (χ2n) is 5.05. The van der Waals surface area contributed by atoms with Crippen molar-refractivity contribution in [3.05, 3.63) is 17.3 Å². The van der Waals surface area contributed by atoms with Gasteiger partial charge in [-0.05, 0) is 13.0 Å². The molecule has 0 radical (unpaired) electrons. The number of anilines is 1. The average Bonchev–Trinajstić information content (AvgIpc) is 2.85. The number of hydrogen-bond donors (Lipinski definition) is 0. The quantitative estimate of drug-likeness (QED) is 0.804. The molecule has 1 amide bonds. The van der Waals surface area contributed by atoms with E-state index < -0.39 is 12.1 Å². The van der Waals surface area contributed by atoms with E-state index in [4.69, 9.17) is 0 Å². The molecule has 5 nitrogen and oxygen atoms in total. The van der Waals surface area contributed by atoms with Crippen LogP contribution in [-0.2, 0) is 4.79 Å². The summed E-state index contributed by atoms with van der Waals surface area (Å²) in [5.74, 6) is -1.06. The van der Waals surface area contributed by atoms with Gasteiger partial charge in [0.2, 0.25) is 0 Å². The van der Waals surface area contributed by atoms with Gasteiger partial charge in [0.15, 0.2) is 0 Å². The molecule has 0 N–H and O–H groups in total. The Morgan fingerprint density at radius 2 is 1.91 bits per heavy atom. The van der Waals surface area contributed by atoms with Gasteiger partial charge in [-0.25, -0.2) is 9.97 Å². The summed E-state index contributed by atoms with van der Waals surface area (Å²) in [6, 6.07) is 1.97. The van der Waals surface area contributed by atoms with Crippen LogP contribution in [0.5, 0.6) is 0 Å². The number of aryl methyl sites for hydroxylation is 1. The largest absolute Gasteiger partial charge is 0.471 e. The highest BCUT2D eigenvalue weighted by Crippen LogP contribution is 2.30. The molecule has 0 bridgehead atoms. The smallest absolute Gasteiger partial charge is 0.352 e. The van der Waals surface area contributed by atoms with Crippen molar-refractivity contribution in [2.75, 3.05) is 31.1 Å². The number of carbonyl (C=O) groups is 1. The van der Waals surface area contributed by atoms with E-state index in [-0.39, 0.29) is 13.1 Å². The number of halogens is 3. The molecule has 1 aliphatic heterocycles. The maximum absolute atomic E-state index is 12.4. The Hall–Kier alpha value is -1.90. The molecular weight excluding hydrogens is 317 g/mol. The number of aromatic nitrogens is 2. The van der Waals surface area contributed by atoms with Gasteiger partial charge in [-0.1, -0.05) is 0 Å². The Kier molecular flexibility index (Phi) is 3.67. The fraction of sp³-hybridized carbons (Fsp3) is 0.462. The summed E-state index contributed by atoms with van der Waals surface area (Å²) in [6.07, 6.45) is -3.35. The Morgan fingerprint density at radius 3 is 2.55 bits per heavy atom. The molecule has 0 atom stereocenters. The molecule has 1 aliphatic rings. The van der Waals surface area contributed by atoms with Crippen LogP contribution in [0.3, 0.4) is 0 Å². The van der Waals surface area contributed by atoms with E-state index in [0.29, 0.717) is 18.9 Å². The zero-order valence-corrected chi connectivity index (χ0v) is 12.5. The van der Waals surface area contributed by atoms with Crippen LogP contribution in [0.2, 0.25) is 0 Å². The van der Waals surface area contributed by atoms with E-state index in [0.717, 1.165) is 20.0 Å². The van der Waals surface area contributed by atoms with Gasteiger partial charge < -0.3 is 9.80 Å². The Labute approximate surface area is 128 Å². The summed E-state index contributed by atoms with van der Waals surface area (Å²) in [5.41, 5.74) is 0. The summed E-state index contributed by atoms with van der Waals surface area (Å²) in [7, 11) is 0. The van der Waals surface area contributed by atoms with Crippen molar-refractivity contribution in [2.45, 2.75) is 13.1 Å². The fourth-order valence-corrected chi connectivity index (χ4v) is 3.36. The predicted molar refractivity (Wildman–Crippen MR) is 77.0 cm³/mol. The lowest BCUT2D eigenvalue weighted by Gasteiger charge is -2.35. The fourth-order valence-electron chi connectivity index (χ4n) is 2.52. The number of fused-ring (bicyclic) bond motifs is 1. The molecule has 2 aromatic heterocycles. The average molecular weight is 330 g/mol. The third-order valence-electron chi connectivity index (χ3n) is 3.54. The lowest BCUT2D eigenvalue weighted by molar-refractivity contribution is -0.185. The maximum Gasteiger partial charge on any atom is 0.471 e. The van der Waals surface area contributed by atoms with E-state index in [1.165, 1.54) is 6.33 Å². The molecule has 0 unspecified atom stereocenters. The zero-order valence-electron chi connectivity index (χ0n) is 11.7. The molecular formula is C13H13F3N4OS. The Balaban J connectivity index is 1.77. The molecule has 0 aliphatic carbocycles. The van der Waals surface area contributed by atoms with E-state index in [1.54, 1.807) is 11.3 Å². The maximum atomic E-state index is 12.4. The summed E-state index contributed by atoms with van der Waals surface area (Å²) in [4.78, 5) is 24.4. The first-order chi connectivity index (χ1) is 10.4. The van der Waals surface area contributed by atoms with Crippen LogP contribution in [0.15, 0.2) is 12.4 Å². The summed E-state index contributed by atoms with van der Waals surface area (Å²) in [6.45, 7) is 2.68. The molecule has 118 valence electrons. The van der Waals surface area contributed by atoms with E-state index in [1.807, 2.05) is 17.9 Å². The Morgan fingerprint density at radius 1 is 1.23 bits per heavy atom. The van der Waals surface area contributed by atoms with E-state index in [9.17, 15) is 18.0 Å². The van der Waals surface area contributed by atoms with Crippen LogP contribution in [0, 0.1) is 6.92 Å². The second-order valence-corrected chi connectivity index (χ2v) is 6.28. The number of amides is 1. The van der Waals surface area contributed by atoms with Crippen molar-refractivity contribution >= 4 is 33.3 Å². The van der Waals surface area contributed by atoms with Gasteiger partial charge in [0.1, 0.15) is 17.0 Å². The van der Waals surface area contributed by atoms with E-state index >= 15 is 0 Å². The van der Waals surface area contributed by atoms with E-state index in [2.05, 4.69) is 9.97 Å². The standard InChI is InChI=1S/C13H13F3N4OS/c1-8-6-9-10(17-7-18-11(9)22-8)19-2-4-20(5-3-19)12(21)13(14,15)16/h6-7H,2-5H2,1H3. The Bertz CT molecular complexity index is 707. The predicted octanol–water partition coefficient (Wildman–Crippen LogP) is 2.21. The molecule has 22 heavy (non-hydrogen) atoms. The lowest BCUT2D eigenvalue weighted by Crippen LogP contribution is -2.52. The van der Waals surface area contributed by atoms with Crippen molar-refractivity contribution in [3.63, 3.8) is 0 Å². The molecule has 0 spiro atoms. The minimum absolute atomic E-state index is 0.0347. The van der Waals surface area contributed by atoms with Crippen molar-refractivity contribution in [1.29, 1.82) is 0 Å². The third kappa shape index (κ3) is 2.72. The van der Waals surface area contributed by atoms with Crippen LogP contribution < -0.4 is 4.90 Å². The van der Waals surface area contributed by atoms with Gasteiger partial charge in [0.25, 0.3) is 0 Å². The summed E-state index contributed by atoms with van der Waals surface area (Å²) in [5, 5.41) is 0.903. The highest BCUT2D eigenvalue weighted by Gasteiger charge is 2.43. The van der Waals surface area contributed by atoms with Gasteiger partial charge in [0, 0.05) is 31.1 Å². The van der Waals surface area contributed by atoms with Crippen LogP contribution in [0.1, 0.15) is 4.88 Å². The molecule has 3 heterocycles. The molecule has 0 saturated carbocycles. The van der Waals surface area contributed by atoms with Crippen molar-refractivity contribution in [1.82, 2.24) is 14.9 Å². The SMILES string of the molecule is Cc1cc2c(N3CCN(C(=O)C(F)(F)F)CC3)ncnc2s1. The van der Waals surface area contributed by atoms with Gasteiger partial charge in [-0.2, -0.15) is 13.2 Å². The first kappa shape index (κ1) is 15.0. The van der Waals surface area contributed by atoms with Crippen LogP contribution in [0.4, 0.5) is 19.0 Å². The van der Waals surface area contributed by atoms with Gasteiger partial charge in [-0.15, -0.1) is 11.3 Å². The number of thiophene rings is 1. The van der Waals surface area contributed by atoms with Crippen LogP contribution in [-0.4, -0.2) is 53.1 Å². The number of piperazine rings is 1. The molecule has 0 aromatic carbocycles. The topological polar surface area (TPSA) is 49.3 Å². The number of alkyl halides is 3. The van der Waals surface area contributed by atoms with Crippen LogP contribution >= 0.6 is 11.3 Å². The highest BCUT2D eigenvalue weighted by molar-refractivity contribution is 7.18. The minimum Gasteiger partial charge on any atom is -0.352 e. The molecule has 3 rings (SSSR count). The second kappa shape index (κ2) is 5.38. The molecule has 1 fully saturated rings. The van der Waals surface area contributed by atoms with Crippen LogP contribution in [0.25, 0.3) is 10.2 Å².